The van der Waals surface area contributed by atoms with Crippen LogP contribution in [-0.2, 0) is 17.9 Å². The Morgan fingerprint density at radius 1 is 1.45 bits per heavy atom. The number of carboxylic acids is 1. The van der Waals surface area contributed by atoms with Gasteiger partial charge in [-0.1, -0.05) is 20.3 Å². The summed E-state index contributed by atoms with van der Waals surface area (Å²) in [6.07, 6.45) is 2.25. The Hall–Kier alpha value is -2.12. The van der Waals surface area contributed by atoms with E-state index in [9.17, 15) is 9.59 Å². The van der Waals surface area contributed by atoms with Gasteiger partial charge in [-0.15, -0.1) is 10.2 Å². The van der Waals surface area contributed by atoms with Gasteiger partial charge >= 0.3 is 12.0 Å². The van der Waals surface area contributed by atoms with Crippen LogP contribution in [0, 0.1) is 5.92 Å². The van der Waals surface area contributed by atoms with Gasteiger partial charge in [0.05, 0.1) is 6.54 Å². The fourth-order valence-electron chi connectivity index (χ4n) is 1.71. The molecule has 0 aromatic carbocycles. The molecule has 2 atom stereocenters. The molecule has 0 aliphatic rings. The number of aliphatic carboxylic acids is 1. The SMILES string of the molecule is CCC(C)C(NC(=O)NCc1nncn1CC)C(=O)O. The molecule has 3 N–H and O–H groups in total. The number of aromatic nitrogens is 3. The summed E-state index contributed by atoms with van der Waals surface area (Å²) in [6, 6.07) is -1.42. The van der Waals surface area contributed by atoms with Crippen molar-refractivity contribution in [2.45, 2.75) is 46.3 Å². The van der Waals surface area contributed by atoms with Crippen LogP contribution < -0.4 is 10.6 Å². The Kier molecular flexibility index (Phi) is 5.95. The predicted octanol–water partition coefficient (Wildman–Crippen LogP) is 0.596. The second kappa shape index (κ2) is 7.46. The van der Waals surface area contributed by atoms with Crippen LogP contribution in [0.15, 0.2) is 6.33 Å². The second-order valence-corrected chi connectivity index (χ2v) is 4.56. The maximum atomic E-state index is 11.7. The van der Waals surface area contributed by atoms with E-state index in [0.717, 1.165) is 0 Å². The summed E-state index contributed by atoms with van der Waals surface area (Å²) in [5.74, 6) is -0.554. The number of nitrogens with one attached hydrogen (secondary N) is 2. The molecule has 0 bridgehead atoms. The van der Waals surface area contributed by atoms with Crippen molar-refractivity contribution in [1.82, 2.24) is 25.4 Å². The van der Waals surface area contributed by atoms with Crippen LogP contribution in [0.25, 0.3) is 0 Å². The zero-order valence-electron chi connectivity index (χ0n) is 12.0. The maximum Gasteiger partial charge on any atom is 0.326 e. The molecule has 20 heavy (non-hydrogen) atoms. The molecule has 1 aromatic rings. The van der Waals surface area contributed by atoms with E-state index in [1.165, 1.54) is 0 Å². The highest BCUT2D eigenvalue weighted by molar-refractivity contribution is 5.82. The molecule has 0 fully saturated rings. The minimum Gasteiger partial charge on any atom is -0.480 e. The molecule has 0 aliphatic heterocycles. The van der Waals surface area contributed by atoms with E-state index in [1.807, 2.05) is 13.8 Å². The van der Waals surface area contributed by atoms with Crippen LogP contribution in [0.1, 0.15) is 33.0 Å². The Balaban J connectivity index is 2.52. The number of hydrogen-bond donors (Lipinski definition) is 3. The first-order valence-corrected chi connectivity index (χ1v) is 6.63. The third-order valence-corrected chi connectivity index (χ3v) is 3.21. The number of carboxylic acid groups (broad SMARTS) is 1. The number of rotatable bonds is 7. The first-order valence-electron chi connectivity index (χ1n) is 6.63. The molecular formula is C12H21N5O3. The Morgan fingerprint density at radius 2 is 2.15 bits per heavy atom. The van der Waals surface area contributed by atoms with Crippen LogP contribution in [0.2, 0.25) is 0 Å². The van der Waals surface area contributed by atoms with E-state index < -0.39 is 18.0 Å². The minimum atomic E-state index is -1.04. The zero-order chi connectivity index (χ0) is 15.1. The lowest BCUT2D eigenvalue weighted by Gasteiger charge is -2.20. The van der Waals surface area contributed by atoms with E-state index >= 15 is 0 Å². The summed E-state index contributed by atoms with van der Waals surface area (Å²) in [7, 11) is 0. The molecular weight excluding hydrogens is 262 g/mol. The number of hydrogen-bond acceptors (Lipinski definition) is 4. The van der Waals surface area contributed by atoms with Crippen LogP contribution in [-0.4, -0.2) is 37.9 Å². The Morgan fingerprint density at radius 3 is 2.70 bits per heavy atom. The lowest BCUT2D eigenvalue weighted by atomic mass is 9.99. The maximum absolute atomic E-state index is 11.7. The Bertz CT molecular complexity index is 460. The summed E-state index contributed by atoms with van der Waals surface area (Å²) in [5, 5.41) is 21.8. The monoisotopic (exact) mass is 283 g/mol. The number of amides is 2. The average Bonchev–Trinajstić information content (AvgIpc) is 2.88. The van der Waals surface area contributed by atoms with Crippen LogP contribution in [0.4, 0.5) is 4.79 Å². The van der Waals surface area contributed by atoms with Crippen LogP contribution in [0.3, 0.4) is 0 Å². The standard InChI is InChI=1S/C12H21N5O3/c1-4-8(3)10(11(18)19)15-12(20)13-6-9-16-14-7-17(9)5-2/h7-8,10H,4-6H2,1-3H3,(H,18,19)(H2,13,15,20). The number of carbonyl (C=O) groups excluding carboxylic acids is 1. The highest BCUT2D eigenvalue weighted by Gasteiger charge is 2.25. The quantitative estimate of drug-likeness (QED) is 0.678. The molecule has 2 unspecified atom stereocenters. The van der Waals surface area contributed by atoms with Gasteiger partial charge in [0.2, 0.25) is 0 Å². The first kappa shape index (κ1) is 15.9. The molecule has 112 valence electrons. The third-order valence-electron chi connectivity index (χ3n) is 3.21. The highest BCUT2D eigenvalue weighted by Crippen LogP contribution is 2.07. The van der Waals surface area contributed by atoms with E-state index in [0.29, 0.717) is 18.8 Å². The molecule has 1 heterocycles. The summed E-state index contributed by atoms with van der Waals surface area (Å²) < 4.78 is 1.80. The molecule has 8 nitrogen and oxygen atoms in total. The summed E-state index contributed by atoms with van der Waals surface area (Å²) >= 11 is 0. The topological polar surface area (TPSA) is 109 Å². The molecule has 1 aromatic heterocycles. The highest BCUT2D eigenvalue weighted by atomic mass is 16.4. The van der Waals surface area contributed by atoms with E-state index in [4.69, 9.17) is 5.11 Å². The molecule has 0 aliphatic carbocycles. The van der Waals surface area contributed by atoms with Crippen molar-refractivity contribution >= 4 is 12.0 Å². The van der Waals surface area contributed by atoms with Gasteiger partial charge in [-0.3, -0.25) is 0 Å². The van der Waals surface area contributed by atoms with Gasteiger partial charge in [-0.25, -0.2) is 9.59 Å². The summed E-state index contributed by atoms with van der Waals surface area (Å²) in [5.41, 5.74) is 0. The van der Waals surface area contributed by atoms with Crippen molar-refractivity contribution in [3.63, 3.8) is 0 Å². The predicted molar refractivity (Wildman–Crippen MR) is 71.9 cm³/mol. The molecule has 1 rings (SSSR count). The number of carbonyl (C=O) groups is 2. The van der Waals surface area contributed by atoms with Crippen molar-refractivity contribution in [1.29, 1.82) is 0 Å². The fraction of sp³-hybridized carbons (Fsp3) is 0.667. The van der Waals surface area contributed by atoms with Gasteiger partial charge in [0, 0.05) is 6.54 Å². The van der Waals surface area contributed by atoms with Crippen molar-refractivity contribution in [2.75, 3.05) is 0 Å². The lowest BCUT2D eigenvalue weighted by Crippen LogP contribution is -2.49. The molecule has 0 spiro atoms. The normalized spacial score (nSPS) is 13.6. The van der Waals surface area contributed by atoms with Gasteiger partial charge in [-0.2, -0.15) is 0 Å². The summed E-state index contributed by atoms with van der Waals surface area (Å²) in [6.45, 7) is 6.51. The minimum absolute atomic E-state index is 0.141. The van der Waals surface area contributed by atoms with Crippen molar-refractivity contribution in [3.05, 3.63) is 12.2 Å². The first-order chi connectivity index (χ1) is 9.49. The van der Waals surface area contributed by atoms with Crippen molar-refractivity contribution in [2.24, 2.45) is 5.92 Å². The lowest BCUT2D eigenvalue weighted by molar-refractivity contribution is -0.140. The van der Waals surface area contributed by atoms with Crippen LogP contribution in [0.5, 0.6) is 0 Å². The van der Waals surface area contributed by atoms with Gasteiger partial charge in [-0.05, 0) is 12.8 Å². The fourth-order valence-corrected chi connectivity index (χ4v) is 1.71. The van der Waals surface area contributed by atoms with Crippen molar-refractivity contribution < 1.29 is 14.7 Å². The van der Waals surface area contributed by atoms with Gasteiger partial charge in [0.25, 0.3) is 0 Å². The molecule has 0 radical (unpaired) electrons. The second-order valence-electron chi connectivity index (χ2n) is 4.56. The molecule has 2 amide bonds. The number of aryl methyl sites for hydroxylation is 1. The molecule has 0 saturated heterocycles. The largest absolute Gasteiger partial charge is 0.480 e. The van der Waals surface area contributed by atoms with E-state index in [1.54, 1.807) is 17.8 Å². The van der Waals surface area contributed by atoms with Gasteiger partial charge < -0.3 is 20.3 Å². The molecule has 0 saturated carbocycles. The van der Waals surface area contributed by atoms with Gasteiger partial charge in [0.15, 0.2) is 5.82 Å². The average molecular weight is 283 g/mol. The van der Waals surface area contributed by atoms with Gasteiger partial charge in [0.1, 0.15) is 12.4 Å². The number of nitrogens with zero attached hydrogens (tertiary/aromatic N) is 3. The third kappa shape index (κ3) is 4.22. The van der Waals surface area contributed by atoms with Crippen LogP contribution >= 0.6 is 0 Å². The molecule has 8 heteroatoms. The smallest absolute Gasteiger partial charge is 0.326 e. The number of urea groups is 1. The summed E-state index contributed by atoms with van der Waals surface area (Å²) in [4.78, 5) is 22.8. The van der Waals surface area contributed by atoms with Crippen molar-refractivity contribution in [3.8, 4) is 0 Å². The Labute approximate surface area is 117 Å². The van der Waals surface area contributed by atoms with E-state index in [2.05, 4.69) is 20.8 Å². The zero-order valence-corrected chi connectivity index (χ0v) is 12.0. The van der Waals surface area contributed by atoms with E-state index in [-0.39, 0.29) is 12.5 Å².